The standard InChI is InChI=1S/C18H26N2O/c1-5-13-9-14(11-15(10-13)21-4)16(6-2)17-7-8-20-18(17)12-19-3/h6,9-11,19-20H,5,7-8,12H2,1-4H3/b16-6-. The highest BCUT2D eigenvalue weighted by Crippen LogP contribution is 2.32. The predicted octanol–water partition coefficient (Wildman–Crippen LogP) is 3.13. The number of hydrogen-bond donors (Lipinski definition) is 2. The molecule has 1 aromatic rings. The topological polar surface area (TPSA) is 33.3 Å². The first-order valence-electron chi connectivity index (χ1n) is 7.69. The second-order valence-electron chi connectivity index (χ2n) is 5.29. The number of likely N-dealkylation sites (N-methyl/N-ethyl adjacent to an activating group) is 1. The first-order chi connectivity index (χ1) is 10.2. The van der Waals surface area contributed by atoms with Crippen molar-refractivity contribution in [2.45, 2.75) is 26.7 Å². The molecular formula is C18H26N2O. The largest absolute Gasteiger partial charge is 0.497 e. The normalized spacial score (nSPS) is 15.3. The van der Waals surface area contributed by atoms with Gasteiger partial charge in [0, 0.05) is 18.8 Å². The molecule has 2 N–H and O–H groups in total. The second kappa shape index (κ2) is 7.32. The molecule has 21 heavy (non-hydrogen) atoms. The minimum Gasteiger partial charge on any atom is -0.497 e. The van der Waals surface area contributed by atoms with Crippen molar-refractivity contribution in [2.75, 3.05) is 27.2 Å². The van der Waals surface area contributed by atoms with E-state index in [1.54, 1.807) is 7.11 Å². The average Bonchev–Trinajstić information content (AvgIpc) is 2.96. The highest BCUT2D eigenvalue weighted by molar-refractivity contribution is 5.81. The first-order valence-corrected chi connectivity index (χ1v) is 7.69. The lowest BCUT2D eigenvalue weighted by Crippen LogP contribution is -2.19. The average molecular weight is 286 g/mol. The molecule has 0 spiro atoms. The van der Waals surface area contributed by atoms with Crippen molar-refractivity contribution in [2.24, 2.45) is 0 Å². The molecule has 1 aliphatic heterocycles. The number of nitrogens with one attached hydrogen (secondary N) is 2. The van der Waals surface area contributed by atoms with Crippen molar-refractivity contribution in [3.8, 4) is 5.75 Å². The Balaban J connectivity index is 2.44. The number of benzene rings is 1. The maximum Gasteiger partial charge on any atom is 0.119 e. The van der Waals surface area contributed by atoms with Gasteiger partial charge in [0.25, 0.3) is 0 Å². The smallest absolute Gasteiger partial charge is 0.119 e. The SMILES string of the molecule is C/C=C(\C1=C(CNC)NCC1)c1cc(CC)cc(OC)c1. The molecule has 1 aliphatic rings. The zero-order chi connectivity index (χ0) is 15.2. The van der Waals surface area contributed by atoms with Crippen LogP contribution in [0.5, 0.6) is 5.75 Å². The number of aryl methyl sites for hydroxylation is 1. The zero-order valence-corrected chi connectivity index (χ0v) is 13.5. The molecular weight excluding hydrogens is 260 g/mol. The molecule has 0 aromatic heterocycles. The van der Waals surface area contributed by atoms with Crippen LogP contribution in [-0.2, 0) is 6.42 Å². The van der Waals surface area contributed by atoms with E-state index in [-0.39, 0.29) is 0 Å². The van der Waals surface area contributed by atoms with E-state index in [9.17, 15) is 0 Å². The number of methoxy groups -OCH3 is 1. The summed E-state index contributed by atoms with van der Waals surface area (Å²) in [6.45, 7) is 6.20. The Kier molecular flexibility index (Phi) is 5.45. The summed E-state index contributed by atoms with van der Waals surface area (Å²) in [5.74, 6) is 0.936. The molecule has 0 amide bonds. The molecule has 3 heteroatoms. The first kappa shape index (κ1) is 15.6. The van der Waals surface area contributed by atoms with Gasteiger partial charge in [-0.3, -0.25) is 0 Å². The Labute approximate surface area is 128 Å². The molecule has 0 saturated heterocycles. The lowest BCUT2D eigenvalue weighted by atomic mass is 9.93. The summed E-state index contributed by atoms with van der Waals surface area (Å²) >= 11 is 0. The number of ether oxygens (including phenoxy) is 1. The molecule has 114 valence electrons. The summed E-state index contributed by atoms with van der Waals surface area (Å²) in [6, 6.07) is 6.53. The maximum absolute atomic E-state index is 5.46. The van der Waals surface area contributed by atoms with E-state index in [2.05, 4.69) is 48.8 Å². The molecule has 2 rings (SSSR count). The molecule has 1 heterocycles. The fourth-order valence-corrected chi connectivity index (χ4v) is 2.89. The van der Waals surface area contributed by atoms with Crippen molar-refractivity contribution < 1.29 is 4.74 Å². The third-order valence-electron chi connectivity index (χ3n) is 3.97. The van der Waals surface area contributed by atoms with E-state index >= 15 is 0 Å². The van der Waals surface area contributed by atoms with Gasteiger partial charge >= 0.3 is 0 Å². The maximum atomic E-state index is 5.46. The van der Waals surface area contributed by atoms with Crippen LogP contribution in [0.3, 0.4) is 0 Å². The van der Waals surface area contributed by atoms with Gasteiger partial charge in [0.05, 0.1) is 7.11 Å². The highest BCUT2D eigenvalue weighted by Gasteiger charge is 2.18. The molecule has 0 radical (unpaired) electrons. The summed E-state index contributed by atoms with van der Waals surface area (Å²) in [5.41, 5.74) is 6.61. The Bertz CT molecular complexity index is 536. The van der Waals surface area contributed by atoms with Gasteiger partial charge in [-0.25, -0.2) is 0 Å². The Hall–Kier alpha value is -1.74. The minimum atomic E-state index is 0.886. The van der Waals surface area contributed by atoms with Gasteiger partial charge in [0.2, 0.25) is 0 Å². The van der Waals surface area contributed by atoms with Crippen LogP contribution in [0.2, 0.25) is 0 Å². The van der Waals surface area contributed by atoms with E-state index in [1.165, 1.54) is 28.0 Å². The molecule has 0 fully saturated rings. The monoisotopic (exact) mass is 286 g/mol. The second-order valence-corrected chi connectivity index (χ2v) is 5.29. The van der Waals surface area contributed by atoms with Crippen LogP contribution in [0.15, 0.2) is 35.5 Å². The number of rotatable bonds is 6. The van der Waals surface area contributed by atoms with Gasteiger partial charge in [-0.15, -0.1) is 0 Å². The van der Waals surface area contributed by atoms with Gasteiger partial charge < -0.3 is 15.4 Å². The van der Waals surface area contributed by atoms with Crippen molar-refractivity contribution in [1.29, 1.82) is 0 Å². The quantitative estimate of drug-likeness (QED) is 0.843. The zero-order valence-electron chi connectivity index (χ0n) is 13.5. The molecule has 0 unspecified atom stereocenters. The van der Waals surface area contributed by atoms with E-state index in [1.807, 2.05) is 7.05 Å². The molecule has 0 atom stereocenters. The van der Waals surface area contributed by atoms with Crippen LogP contribution in [0.25, 0.3) is 5.57 Å². The lowest BCUT2D eigenvalue weighted by Gasteiger charge is -2.14. The number of hydrogen-bond acceptors (Lipinski definition) is 3. The summed E-state index contributed by atoms with van der Waals surface area (Å²) in [6.07, 6.45) is 4.31. The van der Waals surface area contributed by atoms with Crippen LogP contribution in [0.1, 0.15) is 31.4 Å². The third kappa shape index (κ3) is 3.48. The van der Waals surface area contributed by atoms with Gasteiger partial charge in [-0.1, -0.05) is 19.1 Å². The van der Waals surface area contributed by atoms with E-state index in [0.29, 0.717) is 0 Å². The van der Waals surface area contributed by atoms with Gasteiger partial charge in [-0.05, 0) is 61.2 Å². The molecule has 3 nitrogen and oxygen atoms in total. The van der Waals surface area contributed by atoms with Crippen LogP contribution in [0, 0.1) is 0 Å². The Morgan fingerprint density at radius 3 is 2.81 bits per heavy atom. The van der Waals surface area contributed by atoms with Crippen molar-refractivity contribution in [1.82, 2.24) is 10.6 Å². The number of allylic oxidation sites excluding steroid dienone is 2. The van der Waals surface area contributed by atoms with Gasteiger partial charge in [-0.2, -0.15) is 0 Å². The van der Waals surface area contributed by atoms with E-state index in [0.717, 1.165) is 31.7 Å². The van der Waals surface area contributed by atoms with Crippen LogP contribution in [0.4, 0.5) is 0 Å². The van der Waals surface area contributed by atoms with Crippen LogP contribution >= 0.6 is 0 Å². The summed E-state index contributed by atoms with van der Waals surface area (Å²) < 4.78 is 5.46. The van der Waals surface area contributed by atoms with Crippen LogP contribution < -0.4 is 15.4 Å². The summed E-state index contributed by atoms with van der Waals surface area (Å²) in [7, 11) is 3.72. The Morgan fingerprint density at radius 2 is 2.19 bits per heavy atom. The molecule has 1 aromatic carbocycles. The lowest BCUT2D eigenvalue weighted by molar-refractivity contribution is 0.414. The summed E-state index contributed by atoms with van der Waals surface area (Å²) in [4.78, 5) is 0. The molecule has 0 aliphatic carbocycles. The summed E-state index contributed by atoms with van der Waals surface area (Å²) in [5, 5.41) is 6.74. The molecule has 0 saturated carbocycles. The minimum absolute atomic E-state index is 0.886. The highest BCUT2D eigenvalue weighted by atomic mass is 16.5. The predicted molar refractivity (Wildman–Crippen MR) is 89.6 cm³/mol. The molecule has 0 bridgehead atoms. The van der Waals surface area contributed by atoms with Crippen LogP contribution in [-0.4, -0.2) is 27.2 Å². The fourth-order valence-electron chi connectivity index (χ4n) is 2.89. The van der Waals surface area contributed by atoms with E-state index in [4.69, 9.17) is 4.74 Å². The fraction of sp³-hybridized carbons (Fsp3) is 0.444. The van der Waals surface area contributed by atoms with E-state index < -0.39 is 0 Å². The van der Waals surface area contributed by atoms with Crippen molar-refractivity contribution in [3.63, 3.8) is 0 Å². The Morgan fingerprint density at radius 1 is 1.38 bits per heavy atom. The van der Waals surface area contributed by atoms with Crippen molar-refractivity contribution >= 4 is 5.57 Å². The van der Waals surface area contributed by atoms with Gasteiger partial charge in [0.1, 0.15) is 5.75 Å². The van der Waals surface area contributed by atoms with Gasteiger partial charge in [0.15, 0.2) is 0 Å². The van der Waals surface area contributed by atoms with Crippen molar-refractivity contribution in [3.05, 3.63) is 46.7 Å². The third-order valence-corrected chi connectivity index (χ3v) is 3.97.